The quantitative estimate of drug-likeness (QED) is 0.787. The highest BCUT2D eigenvalue weighted by Gasteiger charge is 2.29. The molecule has 1 aliphatic rings. The van der Waals surface area contributed by atoms with Crippen molar-refractivity contribution in [2.75, 3.05) is 18.5 Å². The molecule has 1 unspecified atom stereocenters. The lowest BCUT2D eigenvalue weighted by molar-refractivity contribution is 0.0690. The van der Waals surface area contributed by atoms with Crippen LogP contribution in [0, 0.1) is 0 Å². The van der Waals surface area contributed by atoms with Gasteiger partial charge in [0, 0.05) is 6.61 Å². The third kappa shape index (κ3) is 2.27. The van der Waals surface area contributed by atoms with Gasteiger partial charge in [-0.2, -0.15) is 0 Å². The Balaban J connectivity index is 2.15. The Morgan fingerprint density at radius 1 is 1.62 bits per heavy atom. The van der Waals surface area contributed by atoms with E-state index in [1.807, 2.05) is 6.92 Å². The molecule has 0 aromatic carbocycles. The Hall–Kier alpha value is -1.69. The van der Waals surface area contributed by atoms with Crippen LogP contribution in [0.25, 0.3) is 0 Å². The largest absolute Gasteiger partial charge is 0.476 e. The molecule has 0 amide bonds. The van der Waals surface area contributed by atoms with Crippen LogP contribution in [0.3, 0.4) is 0 Å². The summed E-state index contributed by atoms with van der Waals surface area (Å²) < 4.78 is 5.28. The average Bonchev–Trinajstić information content (AvgIpc) is 2.65. The molecule has 0 spiro atoms. The molecule has 0 bridgehead atoms. The maximum absolute atomic E-state index is 10.7. The summed E-state index contributed by atoms with van der Waals surface area (Å²) in [5.41, 5.74) is -0.251. The molecule has 2 heterocycles. The Bertz CT molecular complexity index is 402. The van der Waals surface area contributed by atoms with Gasteiger partial charge in [0.1, 0.15) is 5.82 Å². The summed E-state index contributed by atoms with van der Waals surface area (Å²) in [5, 5.41) is 11.9. The van der Waals surface area contributed by atoms with E-state index in [2.05, 4.69) is 15.3 Å². The van der Waals surface area contributed by atoms with Gasteiger partial charge in [0.25, 0.3) is 0 Å². The highest BCUT2D eigenvalue weighted by molar-refractivity contribution is 5.85. The number of nitrogens with zero attached hydrogens (tertiary/aromatic N) is 2. The van der Waals surface area contributed by atoms with Gasteiger partial charge in [0.05, 0.1) is 24.5 Å². The van der Waals surface area contributed by atoms with Crippen LogP contribution in [0.1, 0.15) is 23.8 Å². The molecule has 1 aromatic rings. The highest BCUT2D eigenvalue weighted by Crippen LogP contribution is 2.22. The van der Waals surface area contributed by atoms with Gasteiger partial charge >= 0.3 is 5.97 Å². The molecule has 1 fully saturated rings. The van der Waals surface area contributed by atoms with Crippen LogP contribution in [0.2, 0.25) is 0 Å². The number of ether oxygens (including phenoxy) is 1. The van der Waals surface area contributed by atoms with Crippen LogP contribution in [-0.2, 0) is 4.74 Å². The summed E-state index contributed by atoms with van der Waals surface area (Å²) in [5.74, 6) is -0.614. The lowest BCUT2D eigenvalue weighted by Crippen LogP contribution is -2.35. The van der Waals surface area contributed by atoms with E-state index in [1.165, 1.54) is 12.4 Å². The van der Waals surface area contributed by atoms with Crippen LogP contribution >= 0.6 is 0 Å². The minimum atomic E-state index is -1.08. The maximum atomic E-state index is 10.7. The van der Waals surface area contributed by atoms with Crippen LogP contribution in [0.4, 0.5) is 5.82 Å². The fraction of sp³-hybridized carbons (Fsp3) is 0.500. The fourth-order valence-corrected chi connectivity index (χ4v) is 1.60. The van der Waals surface area contributed by atoms with E-state index in [4.69, 9.17) is 9.84 Å². The second kappa shape index (κ2) is 4.05. The SMILES string of the molecule is CC1(Nc2cncc(C(=O)O)n2)CCOC1. The monoisotopic (exact) mass is 223 g/mol. The summed E-state index contributed by atoms with van der Waals surface area (Å²) in [6.45, 7) is 3.30. The van der Waals surface area contributed by atoms with E-state index >= 15 is 0 Å². The van der Waals surface area contributed by atoms with Crippen LogP contribution in [0.15, 0.2) is 12.4 Å². The van der Waals surface area contributed by atoms with Crippen molar-refractivity contribution in [2.24, 2.45) is 0 Å². The number of hydrogen-bond donors (Lipinski definition) is 2. The molecule has 0 radical (unpaired) electrons. The van der Waals surface area contributed by atoms with E-state index in [9.17, 15) is 4.79 Å². The van der Waals surface area contributed by atoms with Crippen LogP contribution in [-0.4, -0.2) is 39.8 Å². The first-order chi connectivity index (χ1) is 7.59. The van der Waals surface area contributed by atoms with Gasteiger partial charge in [-0.05, 0) is 13.3 Å². The maximum Gasteiger partial charge on any atom is 0.356 e. The topological polar surface area (TPSA) is 84.3 Å². The zero-order valence-electron chi connectivity index (χ0n) is 8.93. The molecule has 1 aromatic heterocycles. The number of aromatic nitrogens is 2. The molecule has 1 saturated heterocycles. The molecular formula is C10H13N3O3. The van der Waals surface area contributed by atoms with Crippen molar-refractivity contribution in [2.45, 2.75) is 18.9 Å². The number of carboxylic acids is 1. The van der Waals surface area contributed by atoms with E-state index in [0.717, 1.165) is 6.42 Å². The lowest BCUT2D eigenvalue weighted by atomic mass is 10.0. The second-order valence-electron chi connectivity index (χ2n) is 4.08. The molecule has 2 rings (SSSR count). The molecule has 16 heavy (non-hydrogen) atoms. The van der Waals surface area contributed by atoms with E-state index in [1.54, 1.807) is 0 Å². The van der Waals surface area contributed by atoms with Crippen molar-refractivity contribution < 1.29 is 14.6 Å². The number of hydrogen-bond acceptors (Lipinski definition) is 5. The van der Waals surface area contributed by atoms with Gasteiger partial charge in [0.15, 0.2) is 5.69 Å². The van der Waals surface area contributed by atoms with Gasteiger partial charge in [-0.1, -0.05) is 0 Å². The molecule has 1 atom stereocenters. The standard InChI is InChI=1S/C10H13N3O3/c1-10(2-3-16-6-10)13-8-5-11-4-7(12-8)9(14)15/h4-5H,2-3,6H2,1H3,(H,12,13)(H,14,15). The first-order valence-electron chi connectivity index (χ1n) is 5.00. The van der Waals surface area contributed by atoms with Gasteiger partial charge in [-0.25, -0.2) is 9.78 Å². The Morgan fingerprint density at radius 2 is 2.44 bits per heavy atom. The van der Waals surface area contributed by atoms with E-state index in [-0.39, 0.29) is 11.2 Å². The second-order valence-corrected chi connectivity index (χ2v) is 4.08. The van der Waals surface area contributed by atoms with Gasteiger partial charge in [-0.3, -0.25) is 4.98 Å². The third-order valence-electron chi connectivity index (χ3n) is 2.50. The van der Waals surface area contributed by atoms with E-state index < -0.39 is 5.97 Å². The van der Waals surface area contributed by atoms with Crippen LogP contribution in [0.5, 0.6) is 0 Å². The molecular weight excluding hydrogens is 210 g/mol. The van der Waals surface area contributed by atoms with Gasteiger partial charge in [-0.15, -0.1) is 0 Å². The number of rotatable bonds is 3. The zero-order valence-corrected chi connectivity index (χ0v) is 8.93. The predicted octanol–water partition coefficient (Wildman–Crippen LogP) is 0.766. The summed E-state index contributed by atoms with van der Waals surface area (Å²) in [7, 11) is 0. The zero-order chi connectivity index (χ0) is 11.6. The molecule has 0 aliphatic carbocycles. The predicted molar refractivity (Wildman–Crippen MR) is 56.5 cm³/mol. The average molecular weight is 223 g/mol. The van der Waals surface area contributed by atoms with Gasteiger partial charge < -0.3 is 15.2 Å². The normalized spacial score (nSPS) is 24.3. The summed E-state index contributed by atoms with van der Waals surface area (Å²) in [4.78, 5) is 18.5. The fourth-order valence-electron chi connectivity index (χ4n) is 1.60. The van der Waals surface area contributed by atoms with Crippen molar-refractivity contribution >= 4 is 11.8 Å². The van der Waals surface area contributed by atoms with Crippen molar-refractivity contribution in [1.82, 2.24) is 9.97 Å². The summed E-state index contributed by atoms with van der Waals surface area (Å²) in [6, 6.07) is 0. The Labute approximate surface area is 92.7 Å². The number of aromatic carboxylic acids is 1. The molecule has 1 aliphatic heterocycles. The molecule has 86 valence electrons. The van der Waals surface area contributed by atoms with Gasteiger partial charge in [0.2, 0.25) is 0 Å². The minimum Gasteiger partial charge on any atom is -0.476 e. The number of nitrogens with one attached hydrogen (secondary N) is 1. The summed E-state index contributed by atoms with van der Waals surface area (Å²) in [6.07, 6.45) is 3.60. The van der Waals surface area contributed by atoms with E-state index in [0.29, 0.717) is 19.0 Å². The molecule has 6 nitrogen and oxygen atoms in total. The Morgan fingerprint density at radius 3 is 3.06 bits per heavy atom. The first-order valence-corrected chi connectivity index (χ1v) is 5.00. The lowest BCUT2D eigenvalue weighted by Gasteiger charge is -2.23. The number of anilines is 1. The summed E-state index contributed by atoms with van der Waals surface area (Å²) >= 11 is 0. The molecule has 6 heteroatoms. The molecule has 0 saturated carbocycles. The Kier molecular flexibility index (Phi) is 2.74. The van der Waals surface area contributed by atoms with Crippen molar-refractivity contribution in [3.8, 4) is 0 Å². The molecule has 2 N–H and O–H groups in total. The van der Waals surface area contributed by atoms with Crippen molar-refractivity contribution in [1.29, 1.82) is 0 Å². The van der Waals surface area contributed by atoms with Crippen LogP contribution < -0.4 is 5.32 Å². The number of carboxylic acid groups (broad SMARTS) is 1. The van der Waals surface area contributed by atoms with Crippen molar-refractivity contribution in [3.63, 3.8) is 0 Å². The number of carbonyl (C=O) groups is 1. The van der Waals surface area contributed by atoms with Crippen molar-refractivity contribution in [3.05, 3.63) is 18.1 Å². The third-order valence-corrected chi connectivity index (χ3v) is 2.50. The smallest absolute Gasteiger partial charge is 0.356 e. The minimum absolute atomic E-state index is 0.0625. The highest BCUT2D eigenvalue weighted by atomic mass is 16.5. The first kappa shape index (κ1) is 10.8.